The van der Waals surface area contributed by atoms with Gasteiger partial charge in [0.1, 0.15) is 0 Å². The van der Waals surface area contributed by atoms with Crippen LogP contribution >= 0.6 is 0 Å². The zero-order chi connectivity index (χ0) is 29.0. The number of nitrogens with zero attached hydrogens (tertiary/aromatic N) is 3. The molecule has 0 amide bonds. The topological polar surface area (TPSA) is 38.7 Å². The van der Waals surface area contributed by atoms with Crippen molar-refractivity contribution in [3.05, 3.63) is 164 Å². The van der Waals surface area contributed by atoms with E-state index in [-0.39, 0.29) is 0 Å². The van der Waals surface area contributed by atoms with Crippen LogP contribution in [0.4, 0.5) is 4.39 Å². The second-order valence-electron chi connectivity index (χ2n) is 10.4. The second-order valence-corrected chi connectivity index (χ2v) is 10.4. The van der Waals surface area contributed by atoms with Gasteiger partial charge in [-0.25, -0.2) is 4.98 Å². The van der Waals surface area contributed by atoms with Gasteiger partial charge in [0, 0.05) is 47.7 Å². The van der Waals surface area contributed by atoms with Crippen molar-refractivity contribution in [2.75, 3.05) is 0 Å². The van der Waals surface area contributed by atoms with Crippen molar-refractivity contribution in [3.63, 3.8) is 0 Å². The van der Waals surface area contributed by atoms with Crippen LogP contribution in [-0.4, -0.2) is 15.0 Å². The molecule has 43 heavy (non-hydrogen) atoms. The lowest BCUT2D eigenvalue weighted by atomic mass is 9.91. The fraction of sp³-hybridized carbons (Fsp3) is 0. The summed E-state index contributed by atoms with van der Waals surface area (Å²) in [5.74, 6) is -0.487. The van der Waals surface area contributed by atoms with E-state index in [1.54, 1.807) is 24.7 Å². The molecule has 3 heterocycles. The molecule has 0 aliphatic carbocycles. The standard InChI is InChI=1S/C39H26FN3/c40-39-15-14-35(26-43-39)29-8-3-11-32(20-29)38-22-36(30-9-1-6-27(18-30)33-12-4-16-41-24-33)21-37(23-38)31-10-2-7-28(19-31)34-13-5-17-42-25-34/h1-26H. The van der Waals surface area contributed by atoms with Crippen LogP contribution in [0.3, 0.4) is 0 Å². The third-order valence-electron chi connectivity index (χ3n) is 7.57. The zero-order valence-corrected chi connectivity index (χ0v) is 23.2. The van der Waals surface area contributed by atoms with E-state index in [1.165, 1.54) is 6.07 Å². The molecule has 0 N–H and O–H groups in total. The Labute approximate surface area is 250 Å². The highest BCUT2D eigenvalue weighted by atomic mass is 19.1. The highest BCUT2D eigenvalue weighted by molar-refractivity contribution is 5.85. The van der Waals surface area contributed by atoms with E-state index < -0.39 is 5.95 Å². The number of halogens is 1. The lowest BCUT2D eigenvalue weighted by molar-refractivity contribution is 0.584. The Hall–Kier alpha value is -5.74. The van der Waals surface area contributed by atoms with Crippen LogP contribution in [0.5, 0.6) is 0 Å². The largest absolute Gasteiger partial charge is 0.264 e. The SMILES string of the molecule is Fc1ccc(-c2cccc(-c3cc(-c4cccc(-c5cccnc5)c4)cc(-c4cccc(-c5cccnc5)c4)c3)c2)cn1. The minimum atomic E-state index is -0.487. The van der Waals surface area contributed by atoms with E-state index in [2.05, 4.69) is 106 Å². The number of aromatic nitrogens is 3. The fourth-order valence-electron chi connectivity index (χ4n) is 5.38. The molecule has 0 spiro atoms. The molecule has 0 bridgehead atoms. The summed E-state index contributed by atoms with van der Waals surface area (Å²) in [6.45, 7) is 0. The Balaban J connectivity index is 1.37. The Morgan fingerprint density at radius 2 is 0.674 bits per heavy atom. The number of pyridine rings is 3. The molecule has 3 aromatic heterocycles. The van der Waals surface area contributed by atoms with E-state index in [4.69, 9.17) is 0 Å². The second kappa shape index (κ2) is 11.6. The summed E-state index contributed by atoms with van der Waals surface area (Å²) in [5.41, 5.74) is 12.8. The molecular formula is C39H26FN3. The van der Waals surface area contributed by atoms with Gasteiger partial charge in [-0.15, -0.1) is 0 Å². The average molecular weight is 556 g/mol. The molecule has 7 aromatic rings. The molecule has 0 aliphatic heterocycles. The molecule has 204 valence electrons. The summed E-state index contributed by atoms with van der Waals surface area (Å²) in [6.07, 6.45) is 8.93. The van der Waals surface area contributed by atoms with Gasteiger partial charge in [0.2, 0.25) is 5.95 Å². The summed E-state index contributed by atoms with van der Waals surface area (Å²) in [7, 11) is 0. The van der Waals surface area contributed by atoms with Crippen molar-refractivity contribution in [3.8, 4) is 66.8 Å². The van der Waals surface area contributed by atoms with Gasteiger partial charge >= 0.3 is 0 Å². The molecule has 0 radical (unpaired) electrons. The van der Waals surface area contributed by atoms with Crippen LogP contribution in [0.25, 0.3) is 66.8 Å². The third kappa shape index (κ3) is 5.72. The first kappa shape index (κ1) is 26.2. The summed E-state index contributed by atoms with van der Waals surface area (Å²) >= 11 is 0. The van der Waals surface area contributed by atoms with Crippen molar-refractivity contribution in [1.29, 1.82) is 0 Å². The van der Waals surface area contributed by atoms with Gasteiger partial charge in [0.25, 0.3) is 0 Å². The average Bonchev–Trinajstić information content (AvgIpc) is 3.09. The van der Waals surface area contributed by atoms with Gasteiger partial charge in [0.05, 0.1) is 0 Å². The molecular weight excluding hydrogens is 529 g/mol. The van der Waals surface area contributed by atoms with Crippen molar-refractivity contribution in [2.24, 2.45) is 0 Å². The number of hydrogen-bond acceptors (Lipinski definition) is 3. The summed E-state index contributed by atoms with van der Waals surface area (Å²) in [5, 5.41) is 0. The maximum Gasteiger partial charge on any atom is 0.212 e. The Morgan fingerprint density at radius 3 is 1.02 bits per heavy atom. The molecule has 7 rings (SSSR count). The van der Waals surface area contributed by atoms with Crippen LogP contribution in [0, 0.1) is 5.95 Å². The first-order valence-corrected chi connectivity index (χ1v) is 14.1. The van der Waals surface area contributed by atoms with Crippen molar-refractivity contribution in [1.82, 2.24) is 15.0 Å². The third-order valence-corrected chi connectivity index (χ3v) is 7.57. The molecule has 0 atom stereocenters. The van der Waals surface area contributed by atoms with Crippen LogP contribution in [0.1, 0.15) is 0 Å². The zero-order valence-electron chi connectivity index (χ0n) is 23.2. The van der Waals surface area contributed by atoms with Gasteiger partial charge in [0.15, 0.2) is 0 Å². The smallest absolute Gasteiger partial charge is 0.212 e. The normalized spacial score (nSPS) is 10.9. The molecule has 4 heteroatoms. The Morgan fingerprint density at radius 1 is 0.326 bits per heavy atom. The van der Waals surface area contributed by atoms with E-state index in [0.717, 1.165) is 66.8 Å². The van der Waals surface area contributed by atoms with E-state index in [9.17, 15) is 4.39 Å². The van der Waals surface area contributed by atoms with Gasteiger partial charge in [-0.05, 0) is 111 Å². The van der Waals surface area contributed by atoms with Gasteiger partial charge in [-0.1, -0.05) is 66.7 Å². The monoisotopic (exact) mass is 555 g/mol. The number of hydrogen-bond donors (Lipinski definition) is 0. The summed E-state index contributed by atoms with van der Waals surface area (Å²) in [4.78, 5) is 12.5. The fourth-order valence-corrected chi connectivity index (χ4v) is 5.38. The summed E-state index contributed by atoms with van der Waals surface area (Å²) < 4.78 is 13.5. The molecule has 0 saturated heterocycles. The lowest BCUT2D eigenvalue weighted by Gasteiger charge is -2.14. The van der Waals surface area contributed by atoms with Crippen LogP contribution < -0.4 is 0 Å². The summed E-state index contributed by atoms with van der Waals surface area (Å²) in [6, 6.07) is 43.4. The molecule has 0 fully saturated rings. The van der Waals surface area contributed by atoms with E-state index in [1.807, 2.05) is 36.7 Å². The first-order chi connectivity index (χ1) is 21.2. The van der Waals surface area contributed by atoms with E-state index in [0.29, 0.717) is 0 Å². The van der Waals surface area contributed by atoms with Crippen LogP contribution in [0.15, 0.2) is 158 Å². The van der Waals surface area contributed by atoms with Gasteiger partial charge in [-0.2, -0.15) is 4.39 Å². The maximum atomic E-state index is 13.5. The highest BCUT2D eigenvalue weighted by Crippen LogP contribution is 2.36. The Bertz CT molecular complexity index is 1920. The molecule has 0 unspecified atom stereocenters. The van der Waals surface area contributed by atoms with Crippen LogP contribution in [-0.2, 0) is 0 Å². The quantitative estimate of drug-likeness (QED) is 0.192. The predicted octanol–water partition coefficient (Wildman–Crippen LogP) is 10.0. The number of benzene rings is 4. The number of rotatable bonds is 6. The van der Waals surface area contributed by atoms with E-state index >= 15 is 0 Å². The predicted molar refractivity (Wildman–Crippen MR) is 172 cm³/mol. The highest BCUT2D eigenvalue weighted by Gasteiger charge is 2.11. The molecule has 0 aliphatic rings. The Kier molecular flexibility index (Phi) is 7.08. The molecule has 4 aromatic carbocycles. The van der Waals surface area contributed by atoms with Gasteiger partial charge in [-0.3, -0.25) is 9.97 Å². The maximum absolute atomic E-state index is 13.5. The van der Waals surface area contributed by atoms with Gasteiger partial charge < -0.3 is 0 Å². The van der Waals surface area contributed by atoms with Crippen molar-refractivity contribution < 1.29 is 4.39 Å². The molecule has 3 nitrogen and oxygen atoms in total. The first-order valence-electron chi connectivity index (χ1n) is 14.1. The minimum absolute atomic E-state index is 0.487. The minimum Gasteiger partial charge on any atom is -0.264 e. The van der Waals surface area contributed by atoms with Crippen molar-refractivity contribution in [2.45, 2.75) is 0 Å². The molecule has 0 saturated carbocycles. The lowest BCUT2D eigenvalue weighted by Crippen LogP contribution is -1.89. The van der Waals surface area contributed by atoms with Crippen LogP contribution in [0.2, 0.25) is 0 Å². The van der Waals surface area contributed by atoms with Crippen molar-refractivity contribution >= 4 is 0 Å².